The van der Waals surface area contributed by atoms with E-state index in [0.717, 1.165) is 22.5 Å². The van der Waals surface area contributed by atoms with Gasteiger partial charge in [-0.15, -0.1) is 0 Å². The highest BCUT2D eigenvalue weighted by molar-refractivity contribution is 6.31. The topological polar surface area (TPSA) is 99.2 Å². The maximum atomic E-state index is 12.4. The van der Waals surface area contributed by atoms with Gasteiger partial charge in [-0.25, -0.2) is 0 Å². The van der Waals surface area contributed by atoms with Crippen molar-refractivity contribution >= 4 is 35.2 Å². The largest absolute Gasteiger partial charge is 0.493 e. The molecule has 1 aromatic heterocycles. The SMILES string of the molecule is Cc1nn(Cc2ccccc2Cl)c(C)c1C=CC(=O)Nc1ccc(OCCC(N)=O)cc1. The molecular formula is C24H25ClN4O3. The minimum absolute atomic E-state index is 0.150. The molecule has 0 saturated carbocycles. The van der Waals surface area contributed by atoms with Crippen molar-refractivity contribution in [2.75, 3.05) is 11.9 Å². The lowest BCUT2D eigenvalue weighted by Gasteiger charge is -2.07. The van der Waals surface area contributed by atoms with Crippen LogP contribution in [0.4, 0.5) is 5.69 Å². The Kier molecular flexibility index (Phi) is 7.68. The summed E-state index contributed by atoms with van der Waals surface area (Å²) in [4.78, 5) is 23.1. The normalized spacial score (nSPS) is 11.0. The van der Waals surface area contributed by atoms with Crippen molar-refractivity contribution in [1.82, 2.24) is 9.78 Å². The van der Waals surface area contributed by atoms with E-state index in [9.17, 15) is 9.59 Å². The summed E-state index contributed by atoms with van der Waals surface area (Å²) < 4.78 is 7.30. The first kappa shape index (κ1) is 23.1. The number of benzene rings is 2. The Bertz CT molecular complexity index is 1140. The van der Waals surface area contributed by atoms with Crippen molar-refractivity contribution in [3.05, 3.63) is 82.1 Å². The number of ether oxygens (including phenoxy) is 1. The number of nitrogens with two attached hydrogens (primary N) is 1. The van der Waals surface area contributed by atoms with Gasteiger partial charge in [0.1, 0.15) is 5.75 Å². The fourth-order valence-corrected chi connectivity index (χ4v) is 3.34. The zero-order chi connectivity index (χ0) is 23.1. The standard InChI is InChI=1S/C24H25ClN4O3/c1-16-21(17(2)29(28-16)15-18-5-3-4-6-22(18)25)11-12-24(31)27-19-7-9-20(10-8-19)32-14-13-23(26)30/h3-12H,13-15H2,1-2H3,(H2,26,30)(H,27,31). The zero-order valence-corrected chi connectivity index (χ0v) is 18.7. The highest BCUT2D eigenvalue weighted by Gasteiger charge is 2.11. The van der Waals surface area contributed by atoms with Crippen LogP contribution >= 0.6 is 11.6 Å². The molecule has 0 fully saturated rings. The Morgan fingerprint density at radius 3 is 2.56 bits per heavy atom. The minimum atomic E-state index is -0.416. The van der Waals surface area contributed by atoms with Gasteiger partial charge in [0, 0.05) is 28.0 Å². The number of aryl methyl sites for hydroxylation is 1. The Morgan fingerprint density at radius 1 is 1.16 bits per heavy atom. The second-order valence-corrected chi connectivity index (χ2v) is 7.65. The molecule has 3 aromatic rings. The molecule has 0 unspecified atom stereocenters. The Balaban J connectivity index is 1.61. The molecule has 8 heteroatoms. The van der Waals surface area contributed by atoms with Gasteiger partial charge in [-0.3, -0.25) is 14.3 Å². The lowest BCUT2D eigenvalue weighted by atomic mass is 10.1. The number of primary amides is 1. The van der Waals surface area contributed by atoms with Crippen LogP contribution in [0.3, 0.4) is 0 Å². The van der Waals surface area contributed by atoms with E-state index in [2.05, 4.69) is 10.4 Å². The molecule has 0 aliphatic rings. The van der Waals surface area contributed by atoms with E-state index >= 15 is 0 Å². The van der Waals surface area contributed by atoms with E-state index < -0.39 is 5.91 Å². The van der Waals surface area contributed by atoms with Gasteiger partial charge in [0.15, 0.2) is 0 Å². The van der Waals surface area contributed by atoms with Crippen molar-refractivity contribution in [3.63, 3.8) is 0 Å². The van der Waals surface area contributed by atoms with Crippen LogP contribution < -0.4 is 15.8 Å². The summed E-state index contributed by atoms with van der Waals surface area (Å²) in [7, 11) is 0. The van der Waals surface area contributed by atoms with Crippen LogP contribution in [0.15, 0.2) is 54.6 Å². The molecule has 1 heterocycles. The summed E-state index contributed by atoms with van der Waals surface area (Å²) in [6.07, 6.45) is 3.39. The number of nitrogens with one attached hydrogen (secondary N) is 1. The first-order valence-electron chi connectivity index (χ1n) is 10.1. The number of nitrogens with zero attached hydrogens (tertiary/aromatic N) is 2. The molecule has 0 radical (unpaired) electrons. The van der Waals surface area contributed by atoms with Crippen molar-refractivity contribution in [2.24, 2.45) is 5.73 Å². The first-order chi connectivity index (χ1) is 15.3. The summed E-state index contributed by atoms with van der Waals surface area (Å²) in [6.45, 7) is 4.64. The molecule has 32 heavy (non-hydrogen) atoms. The maximum Gasteiger partial charge on any atom is 0.248 e. The number of halogens is 1. The van der Waals surface area contributed by atoms with Crippen LogP contribution in [0.25, 0.3) is 6.08 Å². The average molecular weight is 453 g/mol. The smallest absolute Gasteiger partial charge is 0.248 e. The number of aromatic nitrogens is 2. The highest BCUT2D eigenvalue weighted by atomic mass is 35.5. The van der Waals surface area contributed by atoms with Crippen LogP contribution in [0.2, 0.25) is 5.02 Å². The first-order valence-corrected chi connectivity index (χ1v) is 10.5. The predicted octanol–water partition coefficient (Wildman–Crippen LogP) is 4.11. The molecule has 0 spiro atoms. The number of carbonyl (C=O) groups excluding carboxylic acids is 2. The number of anilines is 1. The molecule has 3 N–H and O–H groups in total. The molecule has 3 rings (SSSR count). The third-order valence-electron chi connectivity index (χ3n) is 4.86. The summed E-state index contributed by atoms with van der Waals surface area (Å²) in [5.41, 5.74) is 9.37. The van der Waals surface area contributed by atoms with Gasteiger partial charge in [-0.05, 0) is 55.8 Å². The van der Waals surface area contributed by atoms with Gasteiger partial charge in [0.05, 0.1) is 25.3 Å². The highest BCUT2D eigenvalue weighted by Crippen LogP contribution is 2.21. The van der Waals surface area contributed by atoms with E-state index in [1.54, 1.807) is 30.3 Å². The van der Waals surface area contributed by atoms with E-state index in [-0.39, 0.29) is 18.9 Å². The summed E-state index contributed by atoms with van der Waals surface area (Å²) >= 11 is 6.27. The second-order valence-electron chi connectivity index (χ2n) is 7.25. The fraction of sp³-hybridized carbons (Fsp3) is 0.208. The van der Waals surface area contributed by atoms with Crippen LogP contribution in [-0.4, -0.2) is 28.2 Å². The maximum absolute atomic E-state index is 12.4. The van der Waals surface area contributed by atoms with E-state index in [1.165, 1.54) is 6.08 Å². The third-order valence-corrected chi connectivity index (χ3v) is 5.22. The molecule has 0 aliphatic carbocycles. The summed E-state index contributed by atoms with van der Waals surface area (Å²) in [6, 6.07) is 14.5. The van der Waals surface area contributed by atoms with Gasteiger partial charge >= 0.3 is 0 Å². The van der Waals surface area contributed by atoms with E-state index in [0.29, 0.717) is 23.0 Å². The minimum Gasteiger partial charge on any atom is -0.493 e. The zero-order valence-electron chi connectivity index (χ0n) is 18.0. The predicted molar refractivity (Wildman–Crippen MR) is 126 cm³/mol. The molecule has 0 aliphatic heterocycles. The molecule has 0 bridgehead atoms. The molecule has 2 amide bonds. The molecule has 166 valence electrons. The quantitative estimate of drug-likeness (QED) is 0.477. The molecule has 7 nitrogen and oxygen atoms in total. The van der Waals surface area contributed by atoms with Gasteiger partial charge in [-0.1, -0.05) is 29.8 Å². The Hall–Kier alpha value is -3.58. The van der Waals surface area contributed by atoms with Gasteiger partial charge in [-0.2, -0.15) is 5.10 Å². The van der Waals surface area contributed by atoms with Crippen LogP contribution in [0.1, 0.15) is 28.9 Å². The molecular weight excluding hydrogens is 428 g/mol. The van der Waals surface area contributed by atoms with Crippen molar-refractivity contribution in [3.8, 4) is 5.75 Å². The Morgan fingerprint density at radius 2 is 1.88 bits per heavy atom. The second kappa shape index (κ2) is 10.6. The summed E-state index contributed by atoms with van der Waals surface area (Å²) in [5, 5.41) is 8.09. The van der Waals surface area contributed by atoms with E-state index in [4.69, 9.17) is 22.1 Å². The molecule has 0 saturated heterocycles. The van der Waals surface area contributed by atoms with Crippen molar-refractivity contribution < 1.29 is 14.3 Å². The van der Waals surface area contributed by atoms with Crippen LogP contribution in [0.5, 0.6) is 5.75 Å². The van der Waals surface area contributed by atoms with Gasteiger partial charge < -0.3 is 15.8 Å². The number of hydrogen-bond donors (Lipinski definition) is 2. The van der Waals surface area contributed by atoms with Crippen LogP contribution in [0, 0.1) is 13.8 Å². The molecule has 0 atom stereocenters. The van der Waals surface area contributed by atoms with Gasteiger partial charge in [0.2, 0.25) is 11.8 Å². The lowest BCUT2D eigenvalue weighted by molar-refractivity contribution is -0.118. The van der Waals surface area contributed by atoms with Crippen LogP contribution in [-0.2, 0) is 16.1 Å². The molecule has 2 aromatic carbocycles. The summed E-state index contributed by atoms with van der Waals surface area (Å²) in [5.74, 6) is -0.0809. The van der Waals surface area contributed by atoms with Crippen molar-refractivity contribution in [1.29, 1.82) is 0 Å². The lowest BCUT2D eigenvalue weighted by Crippen LogP contribution is -2.14. The van der Waals surface area contributed by atoms with Crippen molar-refractivity contribution in [2.45, 2.75) is 26.8 Å². The average Bonchev–Trinajstić information content (AvgIpc) is 3.02. The number of carbonyl (C=O) groups is 2. The van der Waals surface area contributed by atoms with E-state index in [1.807, 2.05) is 42.8 Å². The number of hydrogen-bond acceptors (Lipinski definition) is 4. The third kappa shape index (κ3) is 6.21. The number of amides is 2. The number of rotatable bonds is 9. The Labute approximate surface area is 191 Å². The monoisotopic (exact) mass is 452 g/mol. The van der Waals surface area contributed by atoms with Gasteiger partial charge in [0.25, 0.3) is 0 Å². The fourth-order valence-electron chi connectivity index (χ4n) is 3.14.